The van der Waals surface area contributed by atoms with Crippen LogP contribution in [0.1, 0.15) is 37.8 Å². The molecule has 16 heavy (non-hydrogen) atoms. The number of rotatable bonds is 5. The average molecular weight is 224 g/mol. The van der Waals surface area contributed by atoms with Crippen molar-refractivity contribution in [1.29, 1.82) is 0 Å². The molecule has 1 atom stereocenters. The summed E-state index contributed by atoms with van der Waals surface area (Å²) in [6.45, 7) is 4.43. The molecule has 5 nitrogen and oxygen atoms in total. The number of aryl methyl sites for hydroxylation is 1. The van der Waals surface area contributed by atoms with Gasteiger partial charge in [-0.15, -0.1) is 10.2 Å². The van der Waals surface area contributed by atoms with E-state index in [1.807, 2.05) is 0 Å². The van der Waals surface area contributed by atoms with Crippen LogP contribution in [-0.2, 0) is 19.5 Å². The lowest BCUT2D eigenvalue weighted by molar-refractivity contribution is 0.183. The lowest BCUT2D eigenvalue weighted by Gasteiger charge is -2.15. The van der Waals surface area contributed by atoms with Gasteiger partial charge in [0, 0.05) is 13.0 Å². The van der Waals surface area contributed by atoms with Crippen molar-refractivity contribution in [2.45, 2.75) is 51.8 Å². The van der Waals surface area contributed by atoms with Gasteiger partial charge in [0.05, 0.1) is 12.6 Å². The Morgan fingerprint density at radius 3 is 3.12 bits per heavy atom. The molecule has 0 fully saturated rings. The van der Waals surface area contributed by atoms with Crippen LogP contribution in [0.15, 0.2) is 0 Å². The third-order valence-corrected chi connectivity index (χ3v) is 2.96. The highest BCUT2D eigenvalue weighted by Gasteiger charge is 2.14. The zero-order chi connectivity index (χ0) is 11.4. The van der Waals surface area contributed by atoms with Crippen LogP contribution in [0, 0.1) is 0 Å². The molecular formula is C11H20N4O. The van der Waals surface area contributed by atoms with E-state index in [1.54, 1.807) is 6.92 Å². The van der Waals surface area contributed by atoms with E-state index < -0.39 is 0 Å². The minimum absolute atomic E-state index is 0.236. The number of hydrogen-bond donors (Lipinski definition) is 2. The van der Waals surface area contributed by atoms with Crippen molar-refractivity contribution >= 4 is 0 Å². The highest BCUT2D eigenvalue weighted by atomic mass is 16.3. The van der Waals surface area contributed by atoms with Crippen LogP contribution in [0.2, 0.25) is 0 Å². The molecule has 0 saturated carbocycles. The number of aromatic nitrogens is 3. The standard InChI is InChI=1S/C11H20N4O/c1-9(16)5-6-12-8-11-14-13-10-4-2-3-7-15(10)11/h9,12,16H,2-8H2,1H3. The number of nitrogens with one attached hydrogen (secondary N) is 1. The minimum Gasteiger partial charge on any atom is -0.393 e. The third-order valence-electron chi connectivity index (χ3n) is 2.96. The van der Waals surface area contributed by atoms with Gasteiger partial charge in [-0.05, 0) is 32.7 Å². The summed E-state index contributed by atoms with van der Waals surface area (Å²) in [5, 5.41) is 20.8. The minimum atomic E-state index is -0.236. The smallest absolute Gasteiger partial charge is 0.147 e. The number of aliphatic hydroxyl groups is 1. The van der Waals surface area contributed by atoms with Gasteiger partial charge in [-0.3, -0.25) is 0 Å². The van der Waals surface area contributed by atoms with Crippen LogP contribution in [0.4, 0.5) is 0 Å². The quantitative estimate of drug-likeness (QED) is 0.714. The zero-order valence-electron chi connectivity index (χ0n) is 9.82. The maximum Gasteiger partial charge on any atom is 0.147 e. The Balaban J connectivity index is 1.83. The molecule has 1 aromatic heterocycles. The molecule has 0 bridgehead atoms. The predicted molar refractivity (Wildman–Crippen MR) is 61.0 cm³/mol. The highest BCUT2D eigenvalue weighted by Crippen LogP contribution is 2.13. The van der Waals surface area contributed by atoms with E-state index in [4.69, 9.17) is 5.11 Å². The van der Waals surface area contributed by atoms with Crippen LogP contribution in [0.3, 0.4) is 0 Å². The van der Waals surface area contributed by atoms with E-state index in [9.17, 15) is 0 Å². The molecule has 1 aliphatic rings. The SMILES string of the molecule is CC(O)CCNCc1nnc2n1CCCC2. The molecule has 5 heteroatoms. The Bertz CT molecular complexity index is 335. The Morgan fingerprint density at radius 1 is 1.44 bits per heavy atom. The van der Waals surface area contributed by atoms with E-state index >= 15 is 0 Å². The van der Waals surface area contributed by atoms with Crippen LogP contribution in [0.25, 0.3) is 0 Å². The van der Waals surface area contributed by atoms with Gasteiger partial charge in [-0.25, -0.2) is 0 Å². The van der Waals surface area contributed by atoms with Gasteiger partial charge in [0.15, 0.2) is 0 Å². The van der Waals surface area contributed by atoms with Crippen molar-refractivity contribution in [1.82, 2.24) is 20.1 Å². The lowest BCUT2D eigenvalue weighted by Crippen LogP contribution is -2.22. The van der Waals surface area contributed by atoms with Gasteiger partial charge < -0.3 is 15.0 Å². The van der Waals surface area contributed by atoms with Crippen LogP contribution in [-0.4, -0.2) is 32.5 Å². The van der Waals surface area contributed by atoms with Crippen LogP contribution < -0.4 is 5.32 Å². The van der Waals surface area contributed by atoms with Crippen molar-refractivity contribution in [3.05, 3.63) is 11.6 Å². The lowest BCUT2D eigenvalue weighted by atomic mass is 10.2. The summed E-state index contributed by atoms with van der Waals surface area (Å²) in [5.74, 6) is 2.15. The normalized spacial score (nSPS) is 17.1. The number of aliphatic hydroxyl groups excluding tert-OH is 1. The summed E-state index contributed by atoms with van der Waals surface area (Å²) in [5.41, 5.74) is 0. The topological polar surface area (TPSA) is 63.0 Å². The Hall–Kier alpha value is -0.940. The molecule has 0 radical (unpaired) electrons. The summed E-state index contributed by atoms with van der Waals surface area (Å²) in [4.78, 5) is 0. The first kappa shape index (κ1) is 11.5. The average Bonchev–Trinajstić information content (AvgIpc) is 2.68. The van der Waals surface area contributed by atoms with E-state index in [2.05, 4.69) is 20.1 Å². The second-order valence-corrected chi connectivity index (χ2v) is 4.46. The van der Waals surface area contributed by atoms with Crippen molar-refractivity contribution < 1.29 is 5.11 Å². The molecule has 0 saturated heterocycles. The largest absolute Gasteiger partial charge is 0.393 e. The second kappa shape index (κ2) is 5.41. The first-order chi connectivity index (χ1) is 7.77. The van der Waals surface area contributed by atoms with Crippen molar-refractivity contribution in [2.24, 2.45) is 0 Å². The molecule has 0 spiro atoms. The zero-order valence-corrected chi connectivity index (χ0v) is 9.82. The van der Waals surface area contributed by atoms with E-state index in [1.165, 1.54) is 12.8 Å². The fraction of sp³-hybridized carbons (Fsp3) is 0.818. The molecule has 90 valence electrons. The van der Waals surface area contributed by atoms with E-state index in [-0.39, 0.29) is 6.10 Å². The summed E-state index contributed by atoms with van der Waals surface area (Å²) in [6.07, 6.45) is 4.06. The Morgan fingerprint density at radius 2 is 2.31 bits per heavy atom. The van der Waals surface area contributed by atoms with Gasteiger partial charge in [-0.1, -0.05) is 0 Å². The molecule has 0 amide bonds. The van der Waals surface area contributed by atoms with Crippen LogP contribution in [0.5, 0.6) is 0 Å². The highest BCUT2D eigenvalue weighted by molar-refractivity contribution is 4.98. The molecule has 1 unspecified atom stereocenters. The molecular weight excluding hydrogens is 204 g/mol. The number of hydrogen-bond acceptors (Lipinski definition) is 4. The number of fused-ring (bicyclic) bond motifs is 1. The molecule has 0 aliphatic carbocycles. The summed E-state index contributed by atoms with van der Waals surface area (Å²) in [7, 11) is 0. The fourth-order valence-corrected chi connectivity index (χ4v) is 2.01. The monoisotopic (exact) mass is 224 g/mol. The molecule has 1 aliphatic heterocycles. The fourth-order valence-electron chi connectivity index (χ4n) is 2.01. The van der Waals surface area contributed by atoms with Crippen LogP contribution >= 0.6 is 0 Å². The molecule has 2 N–H and O–H groups in total. The van der Waals surface area contributed by atoms with E-state index in [0.717, 1.165) is 44.1 Å². The Labute approximate surface area is 95.9 Å². The van der Waals surface area contributed by atoms with Gasteiger partial charge in [0.1, 0.15) is 11.6 Å². The third kappa shape index (κ3) is 2.80. The molecule has 0 aromatic carbocycles. The molecule has 1 aromatic rings. The first-order valence-electron chi connectivity index (χ1n) is 6.07. The number of nitrogens with zero attached hydrogens (tertiary/aromatic N) is 3. The van der Waals surface area contributed by atoms with Crippen molar-refractivity contribution in [3.8, 4) is 0 Å². The summed E-state index contributed by atoms with van der Waals surface area (Å²) >= 11 is 0. The molecule has 2 heterocycles. The van der Waals surface area contributed by atoms with Crippen molar-refractivity contribution in [2.75, 3.05) is 6.54 Å². The van der Waals surface area contributed by atoms with Crippen molar-refractivity contribution in [3.63, 3.8) is 0 Å². The van der Waals surface area contributed by atoms with Gasteiger partial charge in [-0.2, -0.15) is 0 Å². The summed E-state index contributed by atoms with van der Waals surface area (Å²) < 4.78 is 2.22. The van der Waals surface area contributed by atoms with E-state index in [0.29, 0.717) is 0 Å². The maximum atomic E-state index is 9.13. The molecule has 2 rings (SSSR count). The van der Waals surface area contributed by atoms with Gasteiger partial charge in [0.25, 0.3) is 0 Å². The van der Waals surface area contributed by atoms with Gasteiger partial charge in [0.2, 0.25) is 0 Å². The maximum absolute atomic E-state index is 9.13. The second-order valence-electron chi connectivity index (χ2n) is 4.46. The summed E-state index contributed by atoms with van der Waals surface area (Å²) in [6, 6.07) is 0. The predicted octanol–water partition coefficient (Wildman–Crippen LogP) is 0.475. The van der Waals surface area contributed by atoms with Gasteiger partial charge >= 0.3 is 0 Å². The Kier molecular flexibility index (Phi) is 3.90. The first-order valence-corrected chi connectivity index (χ1v) is 6.07.